The van der Waals surface area contributed by atoms with Crippen LogP contribution in [0.1, 0.15) is 141 Å². The van der Waals surface area contributed by atoms with E-state index in [0.717, 1.165) is 22.6 Å². The summed E-state index contributed by atoms with van der Waals surface area (Å²) in [6.45, 7) is 0. The molecule has 0 spiro atoms. The van der Waals surface area contributed by atoms with Crippen molar-refractivity contribution in [1.82, 2.24) is 0 Å². The fourth-order valence-electron chi connectivity index (χ4n) is 8.87. The molecule has 4 saturated carbocycles. The molecule has 0 nitrogen and oxygen atoms in total. The van der Waals surface area contributed by atoms with Gasteiger partial charge in [-0.1, -0.05) is 115 Å². The van der Waals surface area contributed by atoms with Crippen molar-refractivity contribution in [3.63, 3.8) is 0 Å². The molecule has 0 bridgehead atoms. The maximum atomic E-state index is 2.50. The van der Waals surface area contributed by atoms with Crippen LogP contribution in [0.4, 0.5) is 0 Å². The minimum atomic E-state index is 0.0339. The standard InChI is InChI=1S/C36H61P3/c1-6-18-32(19-7-1)37(28-16-30-38(33-20-8-2-9-21-33)34-22-10-3-11-23-34)29-17-31-39(35-24-12-4-13-25-35)36-26-14-5-15-27-36/h1,6-7,18-19,33-36H,2-5,8-17,20-31H2. The molecule has 0 unspecified atom stereocenters. The molecule has 3 heteroatoms. The van der Waals surface area contributed by atoms with E-state index in [2.05, 4.69) is 30.3 Å². The van der Waals surface area contributed by atoms with Crippen LogP contribution in [0.3, 0.4) is 0 Å². The molecule has 1 aromatic rings. The number of rotatable bonds is 13. The summed E-state index contributed by atoms with van der Waals surface area (Å²) in [5.41, 5.74) is 4.53. The summed E-state index contributed by atoms with van der Waals surface area (Å²) in [5, 5.41) is 1.73. The minimum Gasteiger partial charge on any atom is -0.100 e. The Labute approximate surface area is 247 Å². The second-order valence-corrected chi connectivity index (χ2v) is 22.0. The fourth-order valence-corrected chi connectivity index (χ4v) is 19.6. The lowest BCUT2D eigenvalue weighted by molar-refractivity contribution is 0.484. The van der Waals surface area contributed by atoms with Gasteiger partial charge in [-0.2, -0.15) is 0 Å². The van der Waals surface area contributed by atoms with E-state index in [1.54, 1.807) is 81.8 Å². The summed E-state index contributed by atoms with van der Waals surface area (Å²) in [4.78, 5) is 0. The maximum Gasteiger partial charge on any atom is -0.0207 e. The summed E-state index contributed by atoms with van der Waals surface area (Å²) in [6.07, 6.45) is 40.5. The van der Waals surface area contributed by atoms with E-state index in [9.17, 15) is 0 Å². The third-order valence-electron chi connectivity index (χ3n) is 11.0. The zero-order valence-electron chi connectivity index (χ0n) is 25.4. The van der Waals surface area contributed by atoms with Gasteiger partial charge in [0.2, 0.25) is 0 Å². The molecular weight excluding hydrogens is 525 g/mol. The lowest BCUT2D eigenvalue weighted by Crippen LogP contribution is -2.23. The molecular formula is C36H61P3. The largest absolute Gasteiger partial charge is 0.100 e. The molecule has 220 valence electrons. The van der Waals surface area contributed by atoms with Crippen LogP contribution in [-0.4, -0.2) is 47.3 Å². The summed E-state index contributed by atoms with van der Waals surface area (Å²) < 4.78 is 0. The molecule has 4 fully saturated rings. The van der Waals surface area contributed by atoms with E-state index in [4.69, 9.17) is 0 Å². The van der Waals surface area contributed by atoms with E-state index in [-0.39, 0.29) is 23.8 Å². The van der Waals surface area contributed by atoms with E-state index in [1.807, 2.05) is 0 Å². The first-order chi connectivity index (χ1) is 19.4. The van der Waals surface area contributed by atoms with Gasteiger partial charge in [0.05, 0.1) is 0 Å². The maximum absolute atomic E-state index is 2.50. The van der Waals surface area contributed by atoms with Gasteiger partial charge < -0.3 is 0 Å². The second kappa shape index (κ2) is 17.6. The summed E-state index contributed by atoms with van der Waals surface area (Å²) >= 11 is 0. The Hall–Kier alpha value is 0.510. The Morgan fingerprint density at radius 3 is 1.08 bits per heavy atom. The molecule has 0 saturated heterocycles. The Balaban J connectivity index is 1.18. The van der Waals surface area contributed by atoms with Gasteiger partial charge in [0.15, 0.2) is 0 Å². The van der Waals surface area contributed by atoms with Crippen LogP contribution in [-0.2, 0) is 0 Å². The van der Waals surface area contributed by atoms with Crippen LogP contribution in [0.2, 0.25) is 0 Å². The van der Waals surface area contributed by atoms with Gasteiger partial charge in [-0.15, -0.1) is 15.8 Å². The number of hydrogen-bond donors (Lipinski definition) is 0. The first-order valence-electron chi connectivity index (χ1n) is 17.7. The normalized spacial score (nSPS) is 23.3. The highest BCUT2D eigenvalue weighted by Crippen LogP contribution is 2.58. The lowest BCUT2D eigenvalue weighted by Gasteiger charge is -2.39. The van der Waals surface area contributed by atoms with Crippen LogP contribution in [0.15, 0.2) is 30.3 Å². The van der Waals surface area contributed by atoms with Crippen LogP contribution < -0.4 is 5.30 Å². The molecule has 0 N–H and O–H groups in total. The molecule has 0 aliphatic heterocycles. The predicted octanol–water partition coefficient (Wildman–Crippen LogP) is 11.9. The SMILES string of the molecule is c1ccc(P(CCCP(C2CCCCC2)C2CCCCC2)CCCP(C2CCCCC2)C2CCCCC2)cc1. The Morgan fingerprint density at radius 2 is 0.744 bits per heavy atom. The van der Waals surface area contributed by atoms with Gasteiger partial charge in [0.1, 0.15) is 0 Å². The van der Waals surface area contributed by atoms with Crippen LogP contribution in [0, 0.1) is 0 Å². The highest BCUT2D eigenvalue weighted by Gasteiger charge is 2.32. The summed E-state index contributed by atoms with van der Waals surface area (Å²) in [5.74, 6) is 0. The Bertz CT molecular complexity index is 675. The monoisotopic (exact) mass is 586 g/mol. The van der Waals surface area contributed by atoms with Crippen molar-refractivity contribution in [2.75, 3.05) is 24.6 Å². The average molecular weight is 587 g/mol. The molecule has 1 aromatic carbocycles. The zero-order chi connectivity index (χ0) is 26.5. The second-order valence-electron chi connectivity index (χ2n) is 13.7. The smallest absolute Gasteiger partial charge is 0.0207 e. The van der Waals surface area contributed by atoms with Crippen molar-refractivity contribution in [2.24, 2.45) is 0 Å². The molecule has 0 radical (unpaired) electrons. The zero-order valence-corrected chi connectivity index (χ0v) is 28.1. The van der Waals surface area contributed by atoms with Crippen molar-refractivity contribution in [3.05, 3.63) is 30.3 Å². The van der Waals surface area contributed by atoms with Crippen LogP contribution in [0.25, 0.3) is 0 Å². The highest BCUT2D eigenvalue weighted by molar-refractivity contribution is 7.65. The van der Waals surface area contributed by atoms with Gasteiger partial charge in [0.25, 0.3) is 0 Å². The van der Waals surface area contributed by atoms with Gasteiger partial charge in [0, 0.05) is 0 Å². The number of benzene rings is 1. The molecule has 0 atom stereocenters. The first kappa shape index (κ1) is 31.0. The van der Waals surface area contributed by atoms with Crippen LogP contribution in [0.5, 0.6) is 0 Å². The summed E-state index contributed by atoms with van der Waals surface area (Å²) in [6, 6.07) is 11.9. The quantitative estimate of drug-likeness (QED) is 0.202. The third-order valence-corrected chi connectivity index (χ3v) is 21.2. The molecule has 39 heavy (non-hydrogen) atoms. The topological polar surface area (TPSA) is 0 Å². The van der Waals surface area contributed by atoms with Gasteiger partial charge in [-0.25, -0.2) is 0 Å². The predicted molar refractivity (Wildman–Crippen MR) is 183 cm³/mol. The fraction of sp³-hybridized carbons (Fsp3) is 0.833. The van der Waals surface area contributed by atoms with Crippen molar-refractivity contribution in [3.8, 4) is 0 Å². The van der Waals surface area contributed by atoms with Gasteiger partial charge >= 0.3 is 0 Å². The summed E-state index contributed by atoms with van der Waals surface area (Å²) in [7, 11) is 0.586. The Morgan fingerprint density at radius 1 is 0.410 bits per heavy atom. The Kier molecular flexibility index (Phi) is 14.0. The minimum absolute atomic E-state index is 0.0339. The van der Waals surface area contributed by atoms with E-state index in [0.29, 0.717) is 0 Å². The van der Waals surface area contributed by atoms with Crippen molar-refractivity contribution in [1.29, 1.82) is 0 Å². The first-order valence-corrected chi connectivity index (χ1v) is 22.7. The molecule has 0 aromatic heterocycles. The molecule has 5 rings (SSSR count). The van der Waals surface area contributed by atoms with Crippen molar-refractivity contribution < 1.29 is 0 Å². The number of hydrogen-bond acceptors (Lipinski definition) is 0. The van der Waals surface area contributed by atoms with E-state index in [1.165, 1.54) is 89.4 Å². The molecule has 4 aliphatic rings. The van der Waals surface area contributed by atoms with Crippen molar-refractivity contribution in [2.45, 2.75) is 164 Å². The third kappa shape index (κ3) is 9.76. The van der Waals surface area contributed by atoms with E-state index < -0.39 is 0 Å². The van der Waals surface area contributed by atoms with Crippen molar-refractivity contribution >= 4 is 29.1 Å². The lowest BCUT2D eigenvalue weighted by atomic mass is 9.99. The van der Waals surface area contributed by atoms with E-state index >= 15 is 0 Å². The molecule has 4 aliphatic carbocycles. The van der Waals surface area contributed by atoms with Crippen LogP contribution >= 0.6 is 23.8 Å². The molecule has 0 amide bonds. The average Bonchev–Trinajstić information content (AvgIpc) is 3.02. The molecule has 0 heterocycles. The van der Waals surface area contributed by atoms with Gasteiger partial charge in [-0.3, -0.25) is 0 Å². The highest BCUT2D eigenvalue weighted by atomic mass is 31.1. The van der Waals surface area contributed by atoms with Gasteiger partial charge in [-0.05, 0) is 117 Å².